The fraction of sp³-hybridized carbons (Fsp3) is 0.0714. The van der Waals surface area contributed by atoms with Gasteiger partial charge in [0.2, 0.25) is 0 Å². The highest BCUT2D eigenvalue weighted by molar-refractivity contribution is 6.04. The Labute approximate surface area is 114 Å². The Balaban J connectivity index is 2.10. The van der Waals surface area contributed by atoms with Gasteiger partial charge in [0.05, 0.1) is 11.9 Å². The van der Waals surface area contributed by atoms with Gasteiger partial charge in [0.1, 0.15) is 17.3 Å². The van der Waals surface area contributed by atoms with E-state index >= 15 is 0 Å². The quantitative estimate of drug-likeness (QED) is 0.563. The Bertz CT molecular complexity index is 793. The number of nitrogen functional groups attached to an aromatic ring is 1. The molecule has 0 amide bonds. The minimum Gasteiger partial charge on any atom is -0.382 e. The van der Waals surface area contributed by atoms with Crippen molar-refractivity contribution < 1.29 is 4.39 Å². The number of pyridine rings is 1. The van der Waals surface area contributed by atoms with Gasteiger partial charge in [-0.3, -0.25) is 5.41 Å². The molecule has 3 N–H and O–H groups in total. The number of halogens is 1. The van der Waals surface area contributed by atoms with Crippen molar-refractivity contribution >= 4 is 16.9 Å². The van der Waals surface area contributed by atoms with E-state index in [9.17, 15) is 4.39 Å². The zero-order chi connectivity index (χ0) is 14.1. The first kappa shape index (κ1) is 12.3. The topological polar surface area (TPSA) is 80.6 Å². The lowest BCUT2D eigenvalue weighted by molar-refractivity contribution is 0.620. The average Bonchev–Trinajstić information content (AvgIpc) is 2.78. The number of nitrogens with zero attached hydrogens (tertiary/aromatic N) is 3. The predicted molar refractivity (Wildman–Crippen MR) is 74.0 cm³/mol. The highest BCUT2D eigenvalue weighted by atomic mass is 19.1. The molecule has 3 aromatic rings. The number of nitrogens with one attached hydrogen (secondary N) is 1. The van der Waals surface area contributed by atoms with Crippen molar-refractivity contribution in [3.8, 4) is 0 Å². The summed E-state index contributed by atoms with van der Waals surface area (Å²) in [6.07, 6.45) is 1.65. The first-order chi connectivity index (χ1) is 9.65. The molecular formula is C14H12FN5. The number of rotatable bonds is 3. The SMILES string of the molecule is N=C(N)c1nn(Cc2cccc(F)c2)c2ncccc12. The molecule has 0 spiro atoms. The highest BCUT2D eigenvalue weighted by Gasteiger charge is 2.13. The summed E-state index contributed by atoms with van der Waals surface area (Å²) in [5.41, 5.74) is 7.32. The van der Waals surface area contributed by atoms with Gasteiger partial charge in [-0.05, 0) is 29.8 Å². The predicted octanol–water partition coefficient (Wildman–Crippen LogP) is 1.90. The number of nitrogens with two attached hydrogens (primary N) is 1. The van der Waals surface area contributed by atoms with E-state index in [1.807, 2.05) is 12.1 Å². The van der Waals surface area contributed by atoms with Crippen LogP contribution < -0.4 is 5.73 Å². The summed E-state index contributed by atoms with van der Waals surface area (Å²) in [6.45, 7) is 0.374. The number of hydrogen-bond donors (Lipinski definition) is 2. The monoisotopic (exact) mass is 269 g/mol. The van der Waals surface area contributed by atoms with Crippen LogP contribution in [0.3, 0.4) is 0 Å². The summed E-state index contributed by atoms with van der Waals surface area (Å²) in [5.74, 6) is -0.403. The van der Waals surface area contributed by atoms with Gasteiger partial charge in [-0.25, -0.2) is 14.1 Å². The Morgan fingerprint density at radius 1 is 1.30 bits per heavy atom. The molecule has 2 heterocycles. The molecule has 0 saturated carbocycles. The molecule has 0 aliphatic heterocycles. The van der Waals surface area contributed by atoms with E-state index in [0.717, 1.165) is 10.9 Å². The van der Waals surface area contributed by atoms with Gasteiger partial charge in [0.25, 0.3) is 0 Å². The van der Waals surface area contributed by atoms with Crippen LogP contribution in [-0.4, -0.2) is 20.6 Å². The smallest absolute Gasteiger partial charge is 0.158 e. The summed E-state index contributed by atoms with van der Waals surface area (Å²) in [6, 6.07) is 9.88. The van der Waals surface area contributed by atoms with Gasteiger partial charge in [0, 0.05) is 6.20 Å². The molecule has 0 aliphatic rings. The minimum atomic E-state index is -0.293. The second kappa shape index (κ2) is 4.73. The summed E-state index contributed by atoms with van der Waals surface area (Å²) in [5, 5.41) is 12.6. The Morgan fingerprint density at radius 2 is 2.15 bits per heavy atom. The van der Waals surface area contributed by atoms with Crippen molar-refractivity contribution in [2.45, 2.75) is 6.54 Å². The van der Waals surface area contributed by atoms with Crippen LogP contribution >= 0.6 is 0 Å². The molecule has 5 nitrogen and oxygen atoms in total. The Kier molecular flexibility index (Phi) is 2.90. The normalized spacial score (nSPS) is 10.8. The molecule has 0 radical (unpaired) electrons. The number of amidine groups is 1. The van der Waals surface area contributed by atoms with E-state index in [4.69, 9.17) is 11.1 Å². The third kappa shape index (κ3) is 2.11. The maximum absolute atomic E-state index is 13.2. The van der Waals surface area contributed by atoms with Gasteiger partial charge < -0.3 is 5.73 Å². The highest BCUT2D eigenvalue weighted by Crippen LogP contribution is 2.17. The van der Waals surface area contributed by atoms with Gasteiger partial charge in [-0.1, -0.05) is 12.1 Å². The number of aromatic nitrogens is 3. The maximum atomic E-state index is 13.2. The van der Waals surface area contributed by atoms with Crippen LogP contribution in [-0.2, 0) is 6.54 Å². The van der Waals surface area contributed by atoms with Crippen LogP contribution in [0.15, 0.2) is 42.6 Å². The van der Waals surface area contributed by atoms with Crippen molar-refractivity contribution in [3.63, 3.8) is 0 Å². The van der Waals surface area contributed by atoms with Crippen molar-refractivity contribution in [2.24, 2.45) is 5.73 Å². The first-order valence-corrected chi connectivity index (χ1v) is 6.05. The van der Waals surface area contributed by atoms with Gasteiger partial charge >= 0.3 is 0 Å². The standard InChI is InChI=1S/C14H12FN5/c15-10-4-1-3-9(7-10)8-20-14-11(5-2-6-18-14)12(19-20)13(16)17/h1-7H,8H2,(H3,16,17). The molecule has 2 aromatic heterocycles. The molecule has 0 aliphatic carbocycles. The second-order valence-corrected chi connectivity index (χ2v) is 4.42. The van der Waals surface area contributed by atoms with E-state index in [1.54, 1.807) is 23.0 Å². The second-order valence-electron chi connectivity index (χ2n) is 4.42. The van der Waals surface area contributed by atoms with Crippen molar-refractivity contribution in [2.75, 3.05) is 0 Å². The van der Waals surface area contributed by atoms with E-state index in [2.05, 4.69) is 10.1 Å². The summed E-state index contributed by atoms with van der Waals surface area (Å²) < 4.78 is 14.8. The molecule has 100 valence electrons. The molecule has 6 heteroatoms. The Hall–Kier alpha value is -2.76. The van der Waals surface area contributed by atoms with Crippen LogP contribution in [0.4, 0.5) is 4.39 Å². The van der Waals surface area contributed by atoms with E-state index in [-0.39, 0.29) is 11.7 Å². The molecule has 0 saturated heterocycles. The number of hydrogen-bond acceptors (Lipinski definition) is 3. The van der Waals surface area contributed by atoms with Crippen molar-refractivity contribution in [3.05, 3.63) is 59.7 Å². The lowest BCUT2D eigenvalue weighted by Crippen LogP contribution is -2.13. The summed E-state index contributed by atoms with van der Waals surface area (Å²) in [7, 11) is 0. The van der Waals surface area contributed by atoms with Gasteiger partial charge in [-0.2, -0.15) is 5.10 Å². The Morgan fingerprint density at radius 3 is 2.90 bits per heavy atom. The summed E-state index contributed by atoms with van der Waals surface area (Å²) in [4.78, 5) is 4.26. The number of fused-ring (bicyclic) bond motifs is 1. The molecular weight excluding hydrogens is 257 g/mol. The van der Waals surface area contributed by atoms with Crippen LogP contribution in [0.5, 0.6) is 0 Å². The minimum absolute atomic E-state index is 0.110. The fourth-order valence-electron chi connectivity index (χ4n) is 2.13. The molecule has 0 atom stereocenters. The average molecular weight is 269 g/mol. The van der Waals surface area contributed by atoms with Gasteiger partial charge in [0.15, 0.2) is 5.65 Å². The first-order valence-electron chi connectivity index (χ1n) is 6.05. The fourth-order valence-corrected chi connectivity index (χ4v) is 2.13. The van der Waals surface area contributed by atoms with E-state index in [0.29, 0.717) is 17.9 Å². The van der Waals surface area contributed by atoms with E-state index in [1.165, 1.54) is 12.1 Å². The molecule has 0 bridgehead atoms. The summed E-state index contributed by atoms with van der Waals surface area (Å²) >= 11 is 0. The van der Waals surface area contributed by atoms with Crippen LogP contribution in [0, 0.1) is 11.2 Å². The number of benzene rings is 1. The van der Waals surface area contributed by atoms with Crippen molar-refractivity contribution in [1.82, 2.24) is 14.8 Å². The zero-order valence-corrected chi connectivity index (χ0v) is 10.5. The largest absolute Gasteiger partial charge is 0.382 e. The molecule has 0 fully saturated rings. The van der Waals surface area contributed by atoms with Crippen molar-refractivity contribution in [1.29, 1.82) is 5.41 Å². The van der Waals surface area contributed by atoms with Crippen LogP contribution in [0.25, 0.3) is 11.0 Å². The maximum Gasteiger partial charge on any atom is 0.158 e. The molecule has 1 aromatic carbocycles. The van der Waals surface area contributed by atoms with E-state index < -0.39 is 0 Å². The van der Waals surface area contributed by atoms with Gasteiger partial charge in [-0.15, -0.1) is 0 Å². The van der Waals surface area contributed by atoms with Crippen LogP contribution in [0.2, 0.25) is 0 Å². The lowest BCUT2D eigenvalue weighted by atomic mass is 10.2. The molecule has 20 heavy (non-hydrogen) atoms. The molecule has 0 unspecified atom stereocenters. The third-order valence-electron chi connectivity index (χ3n) is 2.98. The third-order valence-corrected chi connectivity index (χ3v) is 2.98. The lowest BCUT2D eigenvalue weighted by Gasteiger charge is -2.03. The van der Waals surface area contributed by atoms with Crippen LogP contribution in [0.1, 0.15) is 11.3 Å². The molecule has 3 rings (SSSR count). The zero-order valence-electron chi connectivity index (χ0n) is 10.5.